The first-order valence-electron chi connectivity index (χ1n) is 5.75. The lowest BCUT2D eigenvalue weighted by molar-refractivity contribution is 0.392. The van der Waals surface area contributed by atoms with Gasteiger partial charge in [0.25, 0.3) is 0 Å². The molecule has 0 saturated carbocycles. The summed E-state index contributed by atoms with van der Waals surface area (Å²) in [6.45, 7) is 2.08. The predicted molar refractivity (Wildman–Crippen MR) is 76.3 cm³/mol. The van der Waals surface area contributed by atoms with Crippen molar-refractivity contribution in [3.63, 3.8) is 0 Å². The molecule has 19 heavy (non-hydrogen) atoms. The summed E-state index contributed by atoms with van der Waals surface area (Å²) in [5.74, 6) is 0.910. The highest BCUT2D eigenvalue weighted by Gasteiger charge is 2.13. The molecule has 0 bridgehead atoms. The SMILES string of the molecule is CCCc1nc(-c2ccc(OC)nn2)nc(Cl)c1Br. The monoisotopic (exact) mass is 342 g/mol. The third-order valence-corrected chi connectivity index (χ3v) is 3.78. The van der Waals surface area contributed by atoms with Crippen molar-refractivity contribution in [1.29, 1.82) is 0 Å². The van der Waals surface area contributed by atoms with Crippen molar-refractivity contribution >= 4 is 27.5 Å². The average molecular weight is 344 g/mol. The zero-order valence-electron chi connectivity index (χ0n) is 10.5. The van der Waals surface area contributed by atoms with Crippen LogP contribution in [0.25, 0.3) is 11.5 Å². The minimum absolute atomic E-state index is 0.381. The maximum atomic E-state index is 6.09. The van der Waals surface area contributed by atoms with Crippen LogP contribution in [0.5, 0.6) is 5.88 Å². The van der Waals surface area contributed by atoms with E-state index >= 15 is 0 Å². The molecular weight excluding hydrogens is 332 g/mol. The normalized spacial score (nSPS) is 10.5. The third kappa shape index (κ3) is 3.19. The van der Waals surface area contributed by atoms with Gasteiger partial charge in [0, 0.05) is 6.07 Å². The van der Waals surface area contributed by atoms with Crippen LogP contribution in [0.1, 0.15) is 19.0 Å². The largest absolute Gasteiger partial charge is 0.480 e. The van der Waals surface area contributed by atoms with Crippen LogP contribution in [0.3, 0.4) is 0 Å². The Balaban J connectivity index is 2.43. The Morgan fingerprint density at radius 3 is 2.63 bits per heavy atom. The molecule has 2 heterocycles. The van der Waals surface area contributed by atoms with Gasteiger partial charge >= 0.3 is 0 Å². The van der Waals surface area contributed by atoms with Crippen molar-refractivity contribution < 1.29 is 4.74 Å². The molecule has 0 unspecified atom stereocenters. The van der Waals surface area contributed by atoms with Gasteiger partial charge in [-0.25, -0.2) is 9.97 Å². The second-order valence-electron chi connectivity index (χ2n) is 3.81. The number of methoxy groups -OCH3 is 1. The van der Waals surface area contributed by atoms with Gasteiger partial charge in [-0.1, -0.05) is 24.9 Å². The number of hydrogen-bond donors (Lipinski definition) is 0. The topological polar surface area (TPSA) is 60.8 Å². The second-order valence-corrected chi connectivity index (χ2v) is 4.96. The molecule has 0 amide bonds. The van der Waals surface area contributed by atoms with Crippen LogP contribution >= 0.6 is 27.5 Å². The smallest absolute Gasteiger partial charge is 0.233 e. The highest BCUT2D eigenvalue weighted by molar-refractivity contribution is 9.10. The molecule has 0 radical (unpaired) electrons. The summed E-state index contributed by atoms with van der Waals surface area (Å²) in [6.07, 6.45) is 1.79. The van der Waals surface area contributed by atoms with Crippen molar-refractivity contribution in [2.75, 3.05) is 7.11 Å². The summed E-state index contributed by atoms with van der Waals surface area (Å²) in [7, 11) is 1.54. The van der Waals surface area contributed by atoms with E-state index in [0.29, 0.717) is 22.6 Å². The summed E-state index contributed by atoms with van der Waals surface area (Å²) in [6, 6.07) is 3.46. The fraction of sp³-hybridized carbons (Fsp3) is 0.333. The van der Waals surface area contributed by atoms with Gasteiger partial charge in [-0.15, -0.1) is 10.2 Å². The number of aromatic nitrogens is 4. The van der Waals surface area contributed by atoms with Crippen LogP contribution in [-0.2, 0) is 6.42 Å². The molecular formula is C12H12BrClN4O. The minimum atomic E-state index is 0.381. The Morgan fingerprint density at radius 2 is 2.05 bits per heavy atom. The van der Waals surface area contributed by atoms with E-state index in [-0.39, 0.29) is 0 Å². The number of rotatable bonds is 4. The summed E-state index contributed by atoms with van der Waals surface area (Å²) in [5, 5.41) is 8.29. The Hall–Kier alpha value is -1.27. The van der Waals surface area contributed by atoms with Gasteiger partial charge in [0.1, 0.15) is 10.8 Å². The highest BCUT2D eigenvalue weighted by atomic mass is 79.9. The van der Waals surface area contributed by atoms with Gasteiger partial charge in [0.2, 0.25) is 5.88 Å². The van der Waals surface area contributed by atoms with Crippen molar-refractivity contribution in [3.05, 3.63) is 27.5 Å². The summed E-state index contributed by atoms with van der Waals surface area (Å²) in [4.78, 5) is 8.67. The molecule has 0 spiro atoms. The van der Waals surface area contributed by atoms with E-state index in [9.17, 15) is 0 Å². The molecule has 2 rings (SSSR count). The van der Waals surface area contributed by atoms with Crippen molar-refractivity contribution in [1.82, 2.24) is 20.2 Å². The molecule has 7 heteroatoms. The summed E-state index contributed by atoms with van der Waals surface area (Å²) >= 11 is 9.49. The van der Waals surface area contributed by atoms with Gasteiger partial charge in [0.05, 0.1) is 17.3 Å². The lowest BCUT2D eigenvalue weighted by Gasteiger charge is -2.07. The van der Waals surface area contributed by atoms with Gasteiger partial charge in [-0.3, -0.25) is 0 Å². The zero-order chi connectivity index (χ0) is 13.8. The molecule has 2 aromatic rings. The van der Waals surface area contributed by atoms with Crippen LogP contribution in [0.2, 0.25) is 5.15 Å². The summed E-state index contributed by atoms with van der Waals surface area (Å²) < 4.78 is 5.70. The fourth-order valence-corrected chi connectivity index (χ4v) is 2.09. The molecule has 0 saturated heterocycles. The molecule has 0 aliphatic carbocycles. The third-order valence-electron chi connectivity index (χ3n) is 2.44. The molecule has 0 aromatic carbocycles. The van der Waals surface area contributed by atoms with Gasteiger partial charge in [-0.05, 0) is 28.4 Å². The molecule has 5 nitrogen and oxygen atoms in total. The van der Waals surface area contributed by atoms with Crippen molar-refractivity contribution in [2.45, 2.75) is 19.8 Å². The van der Waals surface area contributed by atoms with E-state index in [2.05, 4.69) is 43.0 Å². The Kier molecular flexibility index (Phi) is 4.66. The van der Waals surface area contributed by atoms with Crippen LogP contribution in [0, 0.1) is 0 Å². The number of nitrogens with zero attached hydrogens (tertiary/aromatic N) is 4. The van der Waals surface area contributed by atoms with Crippen molar-refractivity contribution in [2.24, 2.45) is 0 Å². The van der Waals surface area contributed by atoms with E-state index in [1.165, 1.54) is 7.11 Å². The molecule has 0 aliphatic heterocycles. The first-order valence-corrected chi connectivity index (χ1v) is 6.92. The maximum absolute atomic E-state index is 6.09. The molecule has 0 atom stereocenters. The molecule has 100 valence electrons. The van der Waals surface area contributed by atoms with Crippen LogP contribution in [0.4, 0.5) is 0 Å². The molecule has 0 fully saturated rings. The van der Waals surface area contributed by atoms with Crippen molar-refractivity contribution in [3.8, 4) is 17.4 Å². The first-order chi connectivity index (χ1) is 9.15. The lowest BCUT2D eigenvalue weighted by Crippen LogP contribution is -2.01. The van der Waals surface area contributed by atoms with Gasteiger partial charge in [0.15, 0.2) is 5.82 Å². The Labute approximate surface area is 124 Å². The van der Waals surface area contributed by atoms with Gasteiger partial charge in [-0.2, -0.15) is 0 Å². The van der Waals surface area contributed by atoms with E-state index in [1.54, 1.807) is 12.1 Å². The summed E-state index contributed by atoms with van der Waals surface area (Å²) in [5.41, 5.74) is 1.43. The number of hydrogen-bond acceptors (Lipinski definition) is 5. The predicted octanol–water partition coefficient (Wildman–Crippen LogP) is 3.31. The van der Waals surface area contributed by atoms with Crippen LogP contribution < -0.4 is 4.74 Å². The quantitative estimate of drug-likeness (QED) is 0.797. The lowest BCUT2D eigenvalue weighted by atomic mass is 10.2. The molecule has 0 N–H and O–H groups in total. The van der Waals surface area contributed by atoms with Crippen LogP contribution in [0.15, 0.2) is 16.6 Å². The van der Waals surface area contributed by atoms with E-state index in [0.717, 1.165) is 23.0 Å². The fourth-order valence-electron chi connectivity index (χ4n) is 1.53. The standard InChI is InChI=1S/C12H12BrClN4O/c1-3-4-7-10(13)11(14)16-12(15-7)8-5-6-9(19-2)18-17-8/h5-6H,3-4H2,1-2H3. The average Bonchev–Trinajstić information content (AvgIpc) is 2.44. The second kappa shape index (κ2) is 6.25. The van der Waals surface area contributed by atoms with Gasteiger partial charge < -0.3 is 4.74 Å². The maximum Gasteiger partial charge on any atom is 0.233 e. The number of halogens is 2. The molecule has 2 aromatic heterocycles. The minimum Gasteiger partial charge on any atom is -0.480 e. The Bertz CT molecular complexity index is 577. The number of aryl methyl sites for hydroxylation is 1. The van der Waals surface area contributed by atoms with E-state index < -0.39 is 0 Å². The van der Waals surface area contributed by atoms with E-state index in [1.807, 2.05) is 0 Å². The van der Waals surface area contributed by atoms with Crippen LogP contribution in [-0.4, -0.2) is 27.3 Å². The van der Waals surface area contributed by atoms with E-state index in [4.69, 9.17) is 16.3 Å². The first kappa shape index (κ1) is 14.1. The number of ether oxygens (including phenoxy) is 1. The molecule has 0 aliphatic rings. The highest BCUT2D eigenvalue weighted by Crippen LogP contribution is 2.27. The zero-order valence-corrected chi connectivity index (χ0v) is 12.9. The Morgan fingerprint density at radius 1 is 1.26 bits per heavy atom.